The molecule has 1 fully saturated rings. The number of hydrogen-bond acceptors (Lipinski definition) is 4. The average molecular weight is 370 g/mol. The normalized spacial score (nSPS) is 18.0. The van der Waals surface area contributed by atoms with Crippen molar-refractivity contribution in [2.75, 3.05) is 26.2 Å². The molecule has 0 spiro atoms. The Bertz CT molecular complexity index is 582. The molecule has 1 heterocycles. The van der Waals surface area contributed by atoms with Gasteiger partial charge in [-0.15, -0.1) is 12.4 Å². The van der Waals surface area contributed by atoms with Gasteiger partial charge >= 0.3 is 0 Å². The number of nitrogens with one attached hydrogen (secondary N) is 2. The second-order valence-electron chi connectivity index (χ2n) is 6.12. The summed E-state index contributed by atoms with van der Waals surface area (Å²) in [5.74, 6) is 0.599. The Balaban J connectivity index is 0.00000312. The van der Waals surface area contributed by atoms with Gasteiger partial charge in [0.1, 0.15) is 5.75 Å². The Morgan fingerprint density at radius 3 is 2.76 bits per heavy atom. The van der Waals surface area contributed by atoms with Crippen LogP contribution >= 0.6 is 12.4 Å². The molecular weight excluding hydrogens is 342 g/mol. The van der Waals surface area contributed by atoms with E-state index in [0.29, 0.717) is 25.4 Å². The van der Waals surface area contributed by atoms with Crippen molar-refractivity contribution in [1.82, 2.24) is 15.5 Å². The predicted octanol–water partition coefficient (Wildman–Crippen LogP) is 1.89. The number of para-hydroxylation sites is 1. The smallest absolute Gasteiger partial charge is 0.225 e. The van der Waals surface area contributed by atoms with Crippen LogP contribution in [0.15, 0.2) is 24.3 Å². The zero-order chi connectivity index (χ0) is 17.5. The summed E-state index contributed by atoms with van der Waals surface area (Å²) in [7, 11) is 0. The lowest BCUT2D eigenvalue weighted by Crippen LogP contribution is -2.51. The monoisotopic (exact) mass is 369 g/mol. The molecule has 7 heteroatoms. The van der Waals surface area contributed by atoms with Gasteiger partial charge in [-0.05, 0) is 19.9 Å². The number of rotatable bonds is 6. The Labute approximate surface area is 155 Å². The second kappa shape index (κ2) is 10.3. The molecule has 0 radical (unpaired) electrons. The second-order valence-corrected chi connectivity index (χ2v) is 6.12. The SMILES string of the molecule is CCOc1ccccc1C(CC(=O)N1CCNC(C)C1)NC(C)=O.Cl. The van der Waals surface area contributed by atoms with E-state index in [4.69, 9.17) is 4.74 Å². The highest BCUT2D eigenvalue weighted by Crippen LogP contribution is 2.28. The van der Waals surface area contributed by atoms with Gasteiger partial charge in [0.05, 0.1) is 19.1 Å². The van der Waals surface area contributed by atoms with E-state index < -0.39 is 0 Å². The molecule has 140 valence electrons. The molecule has 2 rings (SSSR count). The molecule has 1 aromatic carbocycles. The van der Waals surface area contributed by atoms with E-state index in [2.05, 4.69) is 17.6 Å². The zero-order valence-electron chi connectivity index (χ0n) is 15.1. The molecule has 6 nitrogen and oxygen atoms in total. The number of piperazine rings is 1. The molecule has 0 saturated carbocycles. The molecule has 1 aliphatic heterocycles. The standard InChI is InChI=1S/C18H27N3O3.ClH/c1-4-24-17-8-6-5-7-15(17)16(20-14(3)22)11-18(23)21-10-9-19-13(2)12-21;/h5-8,13,16,19H,4,9-12H2,1-3H3,(H,20,22);1H. The number of carbonyl (C=O) groups excluding carboxylic acids is 2. The van der Waals surface area contributed by atoms with Gasteiger partial charge < -0.3 is 20.3 Å². The number of ether oxygens (including phenoxy) is 1. The third kappa shape index (κ3) is 6.21. The zero-order valence-corrected chi connectivity index (χ0v) is 15.9. The van der Waals surface area contributed by atoms with Crippen molar-refractivity contribution in [3.05, 3.63) is 29.8 Å². The summed E-state index contributed by atoms with van der Waals surface area (Å²) in [5.41, 5.74) is 0.839. The molecule has 1 saturated heterocycles. The van der Waals surface area contributed by atoms with Crippen molar-refractivity contribution in [1.29, 1.82) is 0 Å². The molecule has 2 atom stereocenters. The highest BCUT2D eigenvalue weighted by atomic mass is 35.5. The molecule has 2 N–H and O–H groups in total. The van der Waals surface area contributed by atoms with Crippen LogP contribution in [0.2, 0.25) is 0 Å². The van der Waals surface area contributed by atoms with Crippen molar-refractivity contribution < 1.29 is 14.3 Å². The van der Waals surface area contributed by atoms with Crippen LogP contribution in [0.1, 0.15) is 38.8 Å². The largest absolute Gasteiger partial charge is 0.494 e. The molecule has 1 aliphatic rings. The summed E-state index contributed by atoms with van der Waals surface area (Å²) in [6.07, 6.45) is 0.233. The Hall–Kier alpha value is -1.79. The molecule has 2 amide bonds. The van der Waals surface area contributed by atoms with E-state index in [0.717, 1.165) is 12.1 Å². The fourth-order valence-corrected chi connectivity index (χ4v) is 3.00. The van der Waals surface area contributed by atoms with Crippen molar-refractivity contribution >= 4 is 24.2 Å². The summed E-state index contributed by atoms with van der Waals surface area (Å²) in [6, 6.07) is 7.45. The van der Waals surface area contributed by atoms with E-state index >= 15 is 0 Å². The Kier molecular flexibility index (Phi) is 8.72. The minimum Gasteiger partial charge on any atom is -0.494 e. The quantitative estimate of drug-likeness (QED) is 0.803. The molecule has 1 aromatic rings. The first kappa shape index (κ1) is 21.3. The summed E-state index contributed by atoms with van der Waals surface area (Å²) in [4.78, 5) is 26.2. The van der Waals surface area contributed by atoms with Gasteiger partial charge in [-0.1, -0.05) is 18.2 Å². The molecule has 0 aromatic heterocycles. The fraction of sp³-hybridized carbons (Fsp3) is 0.556. The Morgan fingerprint density at radius 1 is 1.40 bits per heavy atom. The number of benzene rings is 1. The molecule has 25 heavy (non-hydrogen) atoms. The van der Waals surface area contributed by atoms with Crippen molar-refractivity contribution in [2.45, 2.75) is 39.3 Å². The summed E-state index contributed by atoms with van der Waals surface area (Å²) in [6.45, 7) is 8.17. The first-order valence-electron chi connectivity index (χ1n) is 8.51. The maximum Gasteiger partial charge on any atom is 0.225 e. The summed E-state index contributed by atoms with van der Waals surface area (Å²) >= 11 is 0. The van der Waals surface area contributed by atoms with Crippen LogP contribution in [0.5, 0.6) is 5.75 Å². The van der Waals surface area contributed by atoms with Crippen molar-refractivity contribution in [2.24, 2.45) is 0 Å². The average Bonchev–Trinajstić information content (AvgIpc) is 2.54. The van der Waals surface area contributed by atoms with E-state index in [9.17, 15) is 9.59 Å². The number of amides is 2. The van der Waals surface area contributed by atoms with Gasteiger partial charge in [-0.2, -0.15) is 0 Å². The minimum atomic E-state index is -0.386. The molecule has 0 aliphatic carbocycles. The summed E-state index contributed by atoms with van der Waals surface area (Å²) in [5, 5.41) is 6.22. The van der Waals surface area contributed by atoms with E-state index in [1.165, 1.54) is 6.92 Å². The topological polar surface area (TPSA) is 70.7 Å². The van der Waals surface area contributed by atoms with Crippen LogP contribution in [-0.4, -0.2) is 49.0 Å². The van der Waals surface area contributed by atoms with Gasteiger partial charge in [0.25, 0.3) is 0 Å². The van der Waals surface area contributed by atoms with Crippen LogP contribution in [0.4, 0.5) is 0 Å². The lowest BCUT2D eigenvalue weighted by atomic mass is 10.0. The number of carbonyl (C=O) groups is 2. The first-order chi connectivity index (χ1) is 11.5. The van der Waals surface area contributed by atoms with Crippen LogP contribution in [0.3, 0.4) is 0 Å². The Morgan fingerprint density at radius 2 is 2.12 bits per heavy atom. The van der Waals surface area contributed by atoms with E-state index in [1.54, 1.807) is 0 Å². The molecule has 0 bridgehead atoms. The third-order valence-electron chi connectivity index (χ3n) is 4.07. The number of halogens is 1. The van der Waals surface area contributed by atoms with Gasteiger partial charge in [0.15, 0.2) is 0 Å². The van der Waals surface area contributed by atoms with Gasteiger partial charge in [0.2, 0.25) is 11.8 Å². The van der Waals surface area contributed by atoms with Crippen LogP contribution < -0.4 is 15.4 Å². The van der Waals surface area contributed by atoms with Gasteiger partial charge in [-0.25, -0.2) is 0 Å². The fourth-order valence-electron chi connectivity index (χ4n) is 3.00. The number of hydrogen-bond donors (Lipinski definition) is 2. The minimum absolute atomic E-state index is 0. The summed E-state index contributed by atoms with van der Waals surface area (Å²) < 4.78 is 5.66. The van der Waals surface area contributed by atoms with E-state index in [-0.39, 0.29) is 42.7 Å². The van der Waals surface area contributed by atoms with Crippen molar-refractivity contribution in [3.8, 4) is 5.75 Å². The lowest BCUT2D eigenvalue weighted by Gasteiger charge is -2.33. The van der Waals surface area contributed by atoms with Crippen LogP contribution in [-0.2, 0) is 9.59 Å². The predicted molar refractivity (Wildman–Crippen MR) is 100 cm³/mol. The highest BCUT2D eigenvalue weighted by Gasteiger charge is 2.26. The molecular formula is C18H28ClN3O3. The lowest BCUT2D eigenvalue weighted by molar-refractivity contribution is -0.133. The van der Waals surface area contributed by atoms with Gasteiger partial charge in [-0.3, -0.25) is 9.59 Å². The third-order valence-corrected chi connectivity index (χ3v) is 4.07. The maximum atomic E-state index is 12.7. The first-order valence-corrected chi connectivity index (χ1v) is 8.51. The highest BCUT2D eigenvalue weighted by molar-refractivity contribution is 5.85. The van der Waals surface area contributed by atoms with E-state index in [1.807, 2.05) is 36.1 Å². The van der Waals surface area contributed by atoms with Crippen LogP contribution in [0, 0.1) is 0 Å². The van der Waals surface area contributed by atoms with Gasteiger partial charge in [0, 0.05) is 38.2 Å². The van der Waals surface area contributed by atoms with Crippen LogP contribution in [0.25, 0.3) is 0 Å². The number of nitrogens with zero attached hydrogens (tertiary/aromatic N) is 1. The molecule has 2 unspecified atom stereocenters. The maximum absolute atomic E-state index is 12.7. The van der Waals surface area contributed by atoms with Crippen molar-refractivity contribution in [3.63, 3.8) is 0 Å².